The second-order valence-corrected chi connectivity index (χ2v) is 7.73. The standard InChI is InChI=1S/C20H21N7S/c21-19(13-5-1-2-6-13)28-20(22)27-18-9-8-15-16(26-18)11-14(12-24-15)25-17-7-3-4-10-23-17/h3-4,7-13,21H,1-2,5-6H2,(H,23,25)(H2,22,26,27). The molecule has 3 heterocycles. The fourth-order valence-corrected chi connectivity index (χ4v) is 4.00. The van der Waals surface area contributed by atoms with Crippen molar-refractivity contribution in [2.75, 3.05) is 5.32 Å². The summed E-state index contributed by atoms with van der Waals surface area (Å²) in [4.78, 5) is 17.6. The van der Waals surface area contributed by atoms with Crippen molar-refractivity contribution in [1.82, 2.24) is 15.0 Å². The van der Waals surface area contributed by atoms with Crippen molar-refractivity contribution in [2.24, 2.45) is 16.6 Å². The zero-order valence-electron chi connectivity index (χ0n) is 15.3. The van der Waals surface area contributed by atoms with E-state index in [2.05, 4.69) is 25.3 Å². The Labute approximate surface area is 167 Å². The van der Waals surface area contributed by atoms with Gasteiger partial charge in [0.1, 0.15) is 5.82 Å². The van der Waals surface area contributed by atoms with Crippen LogP contribution in [0.1, 0.15) is 25.7 Å². The zero-order chi connectivity index (χ0) is 19.3. The van der Waals surface area contributed by atoms with E-state index in [-0.39, 0.29) is 0 Å². The van der Waals surface area contributed by atoms with E-state index in [0.717, 1.165) is 29.9 Å². The molecule has 142 valence electrons. The van der Waals surface area contributed by atoms with Crippen molar-refractivity contribution in [3.8, 4) is 0 Å². The van der Waals surface area contributed by atoms with Crippen LogP contribution in [0.5, 0.6) is 0 Å². The Hall–Kier alpha value is -3.00. The van der Waals surface area contributed by atoms with Crippen molar-refractivity contribution in [3.05, 3.63) is 48.8 Å². The summed E-state index contributed by atoms with van der Waals surface area (Å²) in [5.41, 5.74) is 8.33. The maximum absolute atomic E-state index is 8.21. The number of nitrogens with zero attached hydrogens (tertiary/aromatic N) is 4. The summed E-state index contributed by atoms with van der Waals surface area (Å²) in [6.07, 6.45) is 8.01. The first-order valence-electron chi connectivity index (χ1n) is 9.23. The van der Waals surface area contributed by atoms with Crippen molar-refractivity contribution >= 4 is 50.3 Å². The third-order valence-corrected chi connectivity index (χ3v) is 5.48. The molecule has 4 rings (SSSR count). The van der Waals surface area contributed by atoms with Crippen LogP contribution in [0.4, 0.5) is 17.3 Å². The molecule has 28 heavy (non-hydrogen) atoms. The fraction of sp³-hybridized carbons (Fsp3) is 0.250. The van der Waals surface area contributed by atoms with Crippen molar-refractivity contribution in [2.45, 2.75) is 25.7 Å². The molecular formula is C20H21N7S. The van der Waals surface area contributed by atoms with Gasteiger partial charge in [-0.15, -0.1) is 0 Å². The van der Waals surface area contributed by atoms with E-state index in [1.807, 2.05) is 30.3 Å². The number of aromatic nitrogens is 3. The van der Waals surface area contributed by atoms with Gasteiger partial charge < -0.3 is 11.1 Å². The van der Waals surface area contributed by atoms with Crippen molar-refractivity contribution < 1.29 is 0 Å². The smallest absolute Gasteiger partial charge is 0.166 e. The highest BCUT2D eigenvalue weighted by molar-refractivity contribution is 8.26. The summed E-state index contributed by atoms with van der Waals surface area (Å²) < 4.78 is 0. The monoisotopic (exact) mass is 391 g/mol. The molecule has 0 aliphatic heterocycles. The molecule has 0 bridgehead atoms. The Bertz CT molecular complexity index is 1010. The lowest BCUT2D eigenvalue weighted by Crippen LogP contribution is -2.14. The number of fused-ring (bicyclic) bond motifs is 1. The average Bonchev–Trinajstić information content (AvgIpc) is 3.23. The Morgan fingerprint density at radius 1 is 1.14 bits per heavy atom. The molecule has 1 fully saturated rings. The van der Waals surface area contributed by atoms with E-state index in [4.69, 9.17) is 11.1 Å². The Morgan fingerprint density at radius 2 is 2.00 bits per heavy atom. The molecule has 0 unspecified atom stereocenters. The predicted molar refractivity (Wildman–Crippen MR) is 116 cm³/mol. The summed E-state index contributed by atoms with van der Waals surface area (Å²) in [7, 11) is 0. The van der Waals surface area contributed by atoms with Gasteiger partial charge in [-0.2, -0.15) is 0 Å². The third kappa shape index (κ3) is 4.45. The van der Waals surface area contributed by atoms with Gasteiger partial charge in [0, 0.05) is 12.1 Å². The Balaban J connectivity index is 1.51. The molecule has 3 aromatic heterocycles. The molecule has 1 aliphatic carbocycles. The van der Waals surface area contributed by atoms with Crippen LogP contribution in [-0.4, -0.2) is 25.2 Å². The maximum atomic E-state index is 8.21. The van der Waals surface area contributed by atoms with Crippen LogP contribution in [0.2, 0.25) is 0 Å². The molecule has 4 N–H and O–H groups in total. The number of pyridine rings is 3. The Morgan fingerprint density at radius 3 is 2.79 bits per heavy atom. The minimum atomic E-state index is 0.327. The van der Waals surface area contributed by atoms with Crippen molar-refractivity contribution in [3.63, 3.8) is 0 Å². The molecular weight excluding hydrogens is 370 g/mol. The number of anilines is 2. The van der Waals surface area contributed by atoms with Crippen LogP contribution in [0, 0.1) is 11.3 Å². The lowest BCUT2D eigenvalue weighted by Gasteiger charge is -2.09. The Kier molecular flexibility index (Phi) is 5.48. The quantitative estimate of drug-likeness (QED) is 0.442. The van der Waals surface area contributed by atoms with Gasteiger partial charge in [0.25, 0.3) is 0 Å². The van der Waals surface area contributed by atoms with Gasteiger partial charge in [0.05, 0.1) is 28.0 Å². The number of nitrogens with two attached hydrogens (primary N) is 1. The van der Waals surface area contributed by atoms with Gasteiger partial charge >= 0.3 is 0 Å². The lowest BCUT2D eigenvalue weighted by atomic mass is 10.1. The second-order valence-electron chi connectivity index (χ2n) is 6.67. The first-order valence-corrected chi connectivity index (χ1v) is 10.0. The zero-order valence-corrected chi connectivity index (χ0v) is 16.1. The molecule has 0 radical (unpaired) electrons. The van der Waals surface area contributed by atoms with Gasteiger partial charge in [-0.3, -0.25) is 10.4 Å². The SMILES string of the molecule is N=C(SC(N)=Nc1ccc2ncc(Nc3ccccn3)cc2n1)C1CCCC1. The molecule has 0 atom stereocenters. The van der Waals surface area contributed by atoms with Gasteiger partial charge in [0.2, 0.25) is 0 Å². The molecule has 3 aromatic rings. The van der Waals surface area contributed by atoms with Crippen LogP contribution in [0.25, 0.3) is 11.0 Å². The molecule has 1 aliphatic rings. The topological polar surface area (TPSA) is 113 Å². The summed E-state index contributed by atoms with van der Waals surface area (Å²) in [6, 6.07) is 11.2. The number of rotatable bonds is 4. The predicted octanol–water partition coefficient (Wildman–Crippen LogP) is 4.62. The average molecular weight is 392 g/mol. The second kappa shape index (κ2) is 8.35. The van der Waals surface area contributed by atoms with Gasteiger partial charge in [-0.1, -0.05) is 18.9 Å². The van der Waals surface area contributed by atoms with Crippen LogP contribution < -0.4 is 11.1 Å². The van der Waals surface area contributed by atoms with E-state index in [1.54, 1.807) is 18.5 Å². The van der Waals surface area contributed by atoms with Crippen LogP contribution >= 0.6 is 11.8 Å². The maximum Gasteiger partial charge on any atom is 0.166 e. The molecule has 0 spiro atoms. The number of nitrogens with one attached hydrogen (secondary N) is 2. The number of hydrogen-bond acceptors (Lipinski definition) is 7. The number of aliphatic imine (C=N–C) groups is 1. The summed E-state index contributed by atoms with van der Waals surface area (Å²) in [5.74, 6) is 1.57. The molecule has 0 amide bonds. The van der Waals surface area contributed by atoms with Gasteiger partial charge in [-0.05, 0) is 54.9 Å². The third-order valence-electron chi connectivity index (χ3n) is 4.63. The number of amidine groups is 1. The molecule has 7 nitrogen and oxygen atoms in total. The first kappa shape index (κ1) is 18.4. The highest BCUT2D eigenvalue weighted by atomic mass is 32.2. The highest BCUT2D eigenvalue weighted by Crippen LogP contribution is 2.30. The lowest BCUT2D eigenvalue weighted by molar-refractivity contribution is 0.736. The molecule has 8 heteroatoms. The van der Waals surface area contributed by atoms with Crippen LogP contribution in [-0.2, 0) is 0 Å². The largest absolute Gasteiger partial charge is 0.378 e. The number of thioether (sulfide) groups is 1. The summed E-state index contributed by atoms with van der Waals surface area (Å²) >= 11 is 1.24. The van der Waals surface area contributed by atoms with E-state index >= 15 is 0 Å². The molecule has 0 aromatic carbocycles. The van der Waals surface area contributed by atoms with Gasteiger partial charge in [-0.25, -0.2) is 15.0 Å². The van der Waals surface area contributed by atoms with Gasteiger partial charge in [0.15, 0.2) is 11.0 Å². The fourth-order valence-electron chi connectivity index (χ4n) is 3.23. The minimum absolute atomic E-state index is 0.327. The summed E-state index contributed by atoms with van der Waals surface area (Å²) in [6.45, 7) is 0. The molecule has 0 saturated heterocycles. The highest BCUT2D eigenvalue weighted by Gasteiger charge is 2.20. The van der Waals surface area contributed by atoms with E-state index in [1.165, 1.54) is 24.6 Å². The van der Waals surface area contributed by atoms with E-state index in [0.29, 0.717) is 27.5 Å². The van der Waals surface area contributed by atoms with Crippen molar-refractivity contribution in [1.29, 1.82) is 5.41 Å². The minimum Gasteiger partial charge on any atom is -0.378 e. The normalized spacial score (nSPS) is 15.1. The van der Waals surface area contributed by atoms with E-state index in [9.17, 15) is 0 Å². The summed E-state index contributed by atoms with van der Waals surface area (Å²) in [5, 5.41) is 12.4. The van der Waals surface area contributed by atoms with Crippen LogP contribution in [0.3, 0.4) is 0 Å². The van der Waals surface area contributed by atoms with E-state index < -0.39 is 0 Å². The van der Waals surface area contributed by atoms with Crippen LogP contribution in [0.15, 0.2) is 53.8 Å². The molecule has 1 saturated carbocycles. The first-order chi connectivity index (χ1) is 13.7. The number of hydrogen-bond donors (Lipinski definition) is 3.